The largest absolute Gasteiger partial charge is 0.465 e. The lowest BCUT2D eigenvalue weighted by atomic mass is 9.92. The van der Waals surface area contributed by atoms with E-state index in [2.05, 4.69) is 39.9 Å². The van der Waals surface area contributed by atoms with Gasteiger partial charge in [-0.1, -0.05) is 46.8 Å². The smallest absolute Gasteiger partial charge is 0.337 e. The summed E-state index contributed by atoms with van der Waals surface area (Å²) in [5, 5.41) is 3.62. The van der Waals surface area contributed by atoms with Gasteiger partial charge in [0.05, 0.1) is 12.7 Å². The lowest BCUT2D eigenvalue weighted by molar-refractivity contribution is 0.0600. The van der Waals surface area contributed by atoms with Gasteiger partial charge in [0.2, 0.25) is 0 Å². The van der Waals surface area contributed by atoms with Gasteiger partial charge in [-0.2, -0.15) is 0 Å². The molecular formula is C17H27NO2. The van der Waals surface area contributed by atoms with Crippen LogP contribution < -0.4 is 5.32 Å². The van der Waals surface area contributed by atoms with E-state index in [0.717, 1.165) is 6.54 Å². The van der Waals surface area contributed by atoms with Gasteiger partial charge < -0.3 is 10.1 Å². The molecule has 0 aliphatic rings. The van der Waals surface area contributed by atoms with E-state index in [1.165, 1.54) is 12.7 Å². The number of ether oxygens (including phenoxy) is 1. The van der Waals surface area contributed by atoms with Crippen molar-refractivity contribution < 1.29 is 9.53 Å². The Kier molecular flexibility index (Phi) is 5.75. The van der Waals surface area contributed by atoms with Crippen LogP contribution in [0.2, 0.25) is 0 Å². The van der Waals surface area contributed by atoms with Gasteiger partial charge in [-0.15, -0.1) is 0 Å². The maximum absolute atomic E-state index is 11.4. The molecule has 3 heteroatoms. The summed E-state index contributed by atoms with van der Waals surface area (Å²) in [5.41, 5.74) is 2.05. The van der Waals surface area contributed by atoms with E-state index in [1.54, 1.807) is 0 Å². The number of esters is 1. The Bertz CT molecular complexity index is 429. The molecule has 0 aromatic heterocycles. The Morgan fingerprint density at radius 2 is 1.75 bits per heavy atom. The van der Waals surface area contributed by atoms with Gasteiger partial charge in [0.15, 0.2) is 0 Å². The second-order valence-electron chi connectivity index (χ2n) is 6.78. The molecule has 0 saturated carbocycles. The van der Waals surface area contributed by atoms with Crippen molar-refractivity contribution in [1.29, 1.82) is 0 Å². The molecule has 1 aromatic rings. The van der Waals surface area contributed by atoms with Crippen molar-refractivity contribution in [3.05, 3.63) is 35.4 Å². The molecule has 1 rings (SSSR count). The first-order valence-corrected chi connectivity index (χ1v) is 7.16. The van der Waals surface area contributed by atoms with Crippen LogP contribution in [0.3, 0.4) is 0 Å². The SMILES string of the molecule is COC(=O)c1ccc([C@@H](NCC(C)(C)C)C(C)C)cc1. The van der Waals surface area contributed by atoms with Crippen molar-refractivity contribution >= 4 is 5.97 Å². The fourth-order valence-corrected chi connectivity index (χ4v) is 2.10. The lowest BCUT2D eigenvalue weighted by Crippen LogP contribution is -2.33. The molecule has 0 amide bonds. The summed E-state index contributed by atoms with van der Waals surface area (Å²) in [7, 11) is 1.40. The number of hydrogen-bond donors (Lipinski definition) is 1. The molecule has 0 spiro atoms. The van der Waals surface area contributed by atoms with Gasteiger partial charge in [0.25, 0.3) is 0 Å². The third-order valence-corrected chi connectivity index (χ3v) is 3.21. The third kappa shape index (κ3) is 4.97. The maximum atomic E-state index is 11.4. The molecule has 1 aromatic carbocycles. The first kappa shape index (κ1) is 16.7. The molecule has 0 fully saturated rings. The molecule has 0 saturated heterocycles. The standard InChI is InChI=1S/C17H27NO2/c1-12(2)15(18-11-17(3,4)5)13-7-9-14(10-8-13)16(19)20-6/h7-10,12,15,18H,11H2,1-6H3/t15-/m0/s1. The quantitative estimate of drug-likeness (QED) is 0.832. The van der Waals surface area contributed by atoms with Gasteiger partial charge in [-0.3, -0.25) is 0 Å². The van der Waals surface area contributed by atoms with Gasteiger partial charge in [-0.05, 0) is 29.0 Å². The van der Waals surface area contributed by atoms with Gasteiger partial charge in [-0.25, -0.2) is 4.79 Å². The van der Waals surface area contributed by atoms with E-state index >= 15 is 0 Å². The van der Waals surface area contributed by atoms with Crippen LogP contribution in [-0.4, -0.2) is 19.6 Å². The zero-order valence-electron chi connectivity index (χ0n) is 13.5. The lowest BCUT2D eigenvalue weighted by Gasteiger charge is -2.28. The van der Waals surface area contributed by atoms with E-state index < -0.39 is 0 Å². The zero-order valence-corrected chi connectivity index (χ0v) is 13.5. The van der Waals surface area contributed by atoms with Crippen LogP contribution in [0.1, 0.15) is 56.6 Å². The Morgan fingerprint density at radius 3 is 2.15 bits per heavy atom. The first-order valence-electron chi connectivity index (χ1n) is 7.16. The predicted molar refractivity (Wildman–Crippen MR) is 82.8 cm³/mol. The highest BCUT2D eigenvalue weighted by Gasteiger charge is 2.19. The Morgan fingerprint density at radius 1 is 1.20 bits per heavy atom. The van der Waals surface area contributed by atoms with Crippen LogP contribution in [0.25, 0.3) is 0 Å². The number of carbonyl (C=O) groups is 1. The number of benzene rings is 1. The molecule has 0 aliphatic heterocycles. The summed E-state index contributed by atoms with van der Waals surface area (Å²) >= 11 is 0. The minimum atomic E-state index is -0.291. The zero-order chi connectivity index (χ0) is 15.3. The summed E-state index contributed by atoms with van der Waals surface area (Å²) in [6.07, 6.45) is 0. The van der Waals surface area contributed by atoms with Gasteiger partial charge in [0, 0.05) is 12.6 Å². The molecule has 0 unspecified atom stereocenters. The van der Waals surface area contributed by atoms with Crippen molar-refractivity contribution in [2.75, 3.05) is 13.7 Å². The van der Waals surface area contributed by atoms with Crippen molar-refractivity contribution in [3.8, 4) is 0 Å². The van der Waals surface area contributed by atoms with Crippen LogP contribution in [-0.2, 0) is 4.74 Å². The Balaban J connectivity index is 2.84. The molecule has 1 N–H and O–H groups in total. The van der Waals surface area contributed by atoms with Gasteiger partial charge >= 0.3 is 5.97 Å². The first-order chi connectivity index (χ1) is 9.24. The van der Waals surface area contributed by atoms with E-state index in [1.807, 2.05) is 24.3 Å². The monoisotopic (exact) mass is 277 g/mol. The second-order valence-corrected chi connectivity index (χ2v) is 6.78. The minimum Gasteiger partial charge on any atom is -0.465 e. The third-order valence-electron chi connectivity index (χ3n) is 3.21. The molecule has 0 aliphatic carbocycles. The molecule has 20 heavy (non-hydrogen) atoms. The molecule has 112 valence electrons. The fraction of sp³-hybridized carbons (Fsp3) is 0.588. The van der Waals surface area contributed by atoms with Crippen molar-refractivity contribution in [1.82, 2.24) is 5.32 Å². The minimum absolute atomic E-state index is 0.249. The highest BCUT2D eigenvalue weighted by Crippen LogP contribution is 2.24. The van der Waals surface area contributed by atoms with Crippen LogP contribution >= 0.6 is 0 Å². The van der Waals surface area contributed by atoms with Crippen LogP contribution in [0.4, 0.5) is 0 Å². The van der Waals surface area contributed by atoms with Crippen molar-refractivity contribution in [3.63, 3.8) is 0 Å². The average Bonchev–Trinajstić information content (AvgIpc) is 2.37. The summed E-state index contributed by atoms with van der Waals surface area (Å²) in [5.74, 6) is 0.196. The fourth-order valence-electron chi connectivity index (χ4n) is 2.10. The number of nitrogens with one attached hydrogen (secondary N) is 1. The number of methoxy groups -OCH3 is 1. The molecule has 1 atom stereocenters. The highest BCUT2D eigenvalue weighted by atomic mass is 16.5. The summed E-state index contributed by atoms with van der Waals surface area (Å²) in [6, 6.07) is 7.96. The highest BCUT2D eigenvalue weighted by molar-refractivity contribution is 5.89. The molecule has 0 radical (unpaired) electrons. The maximum Gasteiger partial charge on any atom is 0.337 e. The van der Waals surface area contributed by atoms with Crippen LogP contribution in [0.5, 0.6) is 0 Å². The molecule has 0 bridgehead atoms. The normalized spacial score (nSPS) is 13.3. The second kappa shape index (κ2) is 6.89. The number of carbonyl (C=O) groups excluding carboxylic acids is 1. The van der Waals surface area contributed by atoms with Crippen LogP contribution in [0.15, 0.2) is 24.3 Å². The van der Waals surface area contributed by atoms with E-state index in [4.69, 9.17) is 4.74 Å². The topological polar surface area (TPSA) is 38.3 Å². The van der Waals surface area contributed by atoms with Gasteiger partial charge in [0.1, 0.15) is 0 Å². The van der Waals surface area contributed by atoms with Crippen LogP contribution in [0, 0.1) is 11.3 Å². The summed E-state index contributed by atoms with van der Waals surface area (Å²) < 4.78 is 4.72. The number of rotatable bonds is 5. The number of hydrogen-bond acceptors (Lipinski definition) is 3. The van der Waals surface area contributed by atoms with Crippen molar-refractivity contribution in [2.45, 2.75) is 40.7 Å². The molecular weight excluding hydrogens is 250 g/mol. The Labute approximate surface area is 122 Å². The van der Waals surface area contributed by atoms with E-state index in [0.29, 0.717) is 17.5 Å². The molecule has 0 heterocycles. The van der Waals surface area contributed by atoms with E-state index in [-0.39, 0.29) is 11.4 Å². The Hall–Kier alpha value is -1.35. The van der Waals surface area contributed by atoms with Crippen molar-refractivity contribution in [2.24, 2.45) is 11.3 Å². The van der Waals surface area contributed by atoms with E-state index in [9.17, 15) is 4.79 Å². The average molecular weight is 277 g/mol. The summed E-state index contributed by atoms with van der Waals surface area (Å²) in [6.45, 7) is 12.0. The molecule has 3 nitrogen and oxygen atoms in total. The summed E-state index contributed by atoms with van der Waals surface area (Å²) in [4.78, 5) is 11.4. The predicted octanol–water partition coefficient (Wildman–Crippen LogP) is 3.81.